The zero-order valence-corrected chi connectivity index (χ0v) is 21.3. The Morgan fingerprint density at radius 3 is 2.54 bits per heavy atom. The van der Waals surface area contributed by atoms with Gasteiger partial charge in [-0.05, 0) is 54.8 Å². The second kappa shape index (κ2) is 12.8. The van der Waals surface area contributed by atoms with Gasteiger partial charge in [-0.25, -0.2) is 4.39 Å². The second-order valence-corrected chi connectivity index (χ2v) is 9.44. The van der Waals surface area contributed by atoms with Crippen molar-refractivity contribution in [2.75, 3.05) is 46.0 Å². The van der Waals surface area contributed by atoms with E-state index in [2.05, 4.69) is 11.8 Å². The van der Waals surface area contributed by atoms with Gasteiger partial charge in [0.1, 0.15) is 17.3 Å². The normalized spacial score (nSPS) is 19.9. The molecule has 2 saturated heterocycles. The number of carbonyl (C=O) groups excluding carboxylic acids is 2. The van der Waals surface area contributed by atoms with Crippen molar-refractivity contribution >= 4 is 17.4 Å². The molecule has 1 atom stereocenters. The molecule has 2 fully saturated rings. The number of benzene rings is 2. The number of halogens is 1. The molecule has 2 aromatic rings. The Balaban J connectivity index is 1.64. The molecule has 0 radical (unpaired) electrons. The molecule has 37 heavy (non-hydrogen) atoms. The fourth-order valence-corrected chi connectivity index (χ4v) is 4.83. The minimum atomic E-state index is -0.770. The topological polar surface area (TPSA) is 79.3 Å². The van der Waals surface area contributed by atoms with Crippen molar-refractivity contribution in [2.24, 2.45) is 0 Å². The standard InChI is InChI=1S/C29H35FN2O5/c1-2-3-4-17-37-24-8-5-7-22(20-24)26-25(27(33)21-9-11-23(30)12-10-21)28(34)29(35)32(26)14-6-13-31-15-18-36-19-16-31/h5,7-12,20,26,33H,2-4,6,13-19H2,1H3. The van der Waals surface area contributed by atoms with Crippen molar-refractivity contribution in [3.05, 3.63) is 71.0 Å². The molecule has 0 aromatic heterocycles. The number of Topliss-reactive ketones (excluding diaryl/α,β-unsaturated/α-hetero) is 1. The maximum atomic E-state index is 13.5. The van der Waals surface area contributed by atoms with E-state index in [9.17, 15) is 19.1 Å². The summed E-state index contributed by atoms with van der Waals surface area (Å²) in [6.07, 6.45) is 3.77. The molecule has 2 heterocycles. The lowest BCUT2D eigenvalue weighted by atomic mass is 9.95. The number of hydrogen-bond acceptors (Lipinski definition) is 6. The average Bonchev–Trinajstić information content (AvgIpc) is 3.17. The van der Waals surface area contributed by atoms with Crippen molar-refractivity contribution in [2.45, 2.75) is 38.6 Å². The smallest absolute Gasteiger partial charge is 0.295 e. The number of aliphatic hydroxyl groups is 1. The van der Waals surface area contributed by atoms with Gasteiger partial charge in [-0.1, -0.05) is 31.9 Å². The highest BCUT2D eigenvalue weighted by Crippen LogP contribution is 2.40. The van der Waals surface area contributed by atoms with Crippen LogP contribution in [0.15, 0.2) is 54.1 Å². The number of hydrogen-bond donors (Lipinski definition) is 1. The first-order valence-electron chi connectivity index (χ1n) is 13.1. The summed E-state index contributed by atoms with van der Waals surface area (Å²) in [4.78, 5) is 30.3. The Morgan fingerprint density at radius 1 is 1.05 bits per heavy atom. The number of ketones is 1. The van der Waals surface area contributed by atoms with E-state index in [1.807, 2.05) is 24.3 Å². The van der Waals surface area contributed by atoms with E-state index in [4.69, 9.17) is 9.47 Å². The number of morpholine rings is 1. The van der Waals surface area contributed by atoms with Crippen LogP contribution in [0.4, 0.5) is 4.39 Å². The Labute approximate surface area is 217 Å². The van der Waals surface area contributed by atoms with Gasteiger partial charge in [0.2, 0.25) is 0 Å². The predicted octanol–water partition coefficient (Wildman–Crippen LogP) is 4.54. The molecule has 0 aliphatic carbocycles. The zero-order chi connectivity index (χ0) is 26.2. The summed E-state index contributed by atoms with van der Waals surface area (Å²) in [7, 11) is 0. The third kappa shape index (κ3) is 6.56. The van der Waals surface area contributed by atoms with Crippen LogP contribution in [0, 0.1) is 5.82 Å². The van der Waals surface area contributed by atoms with Crippen LogP contribution >= 0.6 is 0 Å². The molecule has 198 valence electrons. The summed E-state index contributed by atoms with van der Waals surface area (Å²) >= 11 is 0. The first-order valence-corrected chi connectivity index (χ1v) is 13.1. The van der Waals surface area contributed by atoms with Crippen LogP contribution in [0.3, 0.4) is 0 Å². The molecular weight excluding hydrogens is 475 g/mol. The minimum Gasteiger partial charge on any atom is -0.507 e. The quantitative estimate of drug-likeness (QED) is 0.207. The molecule has 8 heteroatoms. The van der Waals surface area contributed by atoms with E-state index >= 15 is 0 Å². The van der Waals surface area contributed by atoms with Crippen molar-refractivity contribution < 1.29 is 28.6 Å². The number of ether oxygens (including phenoxy) is 2. The van der Waals surface area contributed by atoms with Gasteiger partial charge in [-0.15, -0.1) is 0 Å². The Kier molecular flexibility index (Phi) is 9.30. The van der Waals surface area contributed by atoms with Crippen LogP contribution in [-0.2, 0) is 14.3 Å². The van der Waals surface area contributed by atoms with Crippen LogP contribution in [-0.4, -0.2) is 72.6 Å². The maximum Gasteiger partial charge on any atom is 0.295 e. The predicted molar refractivity (Wildman–Crippen MR) is 139 cm³/mol. The van der Waals surface area contributed by atoms with Crippen molar-refractivity contribution in [3.63, 3.8) is 0 Å². The summed E-state index contributed by atoms with van der Waals surface area (Å²) in [5.74, 6) is -1.51. The van der Waals surface area contributed by atoms with Crippen LogP contribution in [0.2, 0.25) is 0 Å². The van der Waals surface area contributed by atoms with Crippen LogP contribution in [0.25, 0.3) is 5.76 Å². The largest absolute Gasteiger partial charge is 0.507 e. The fourth-order valence-electron chi connectivity index (χ4n) is 4.83. The van der Waals surface area contributed by atoms with Gasteiger partial charge in [-0.2, -0.15) is 0 Å². The third-order valence-corrected chi connectivity index (χ3v) is 6.83. The molecule has 2 aliphatic rings. The molecule has 0 spiro atoms. The molecule has 0 saturated carbocycles. The van der Waals surface area contributed by atoms with Gasteiger partial charge in [0.25, 0.3) is 11.7 Å². The van der Waals surface area contributed by atoms with Crippen LogP contribution < -0.4 is 4.74 Å². The Morgan fingerprint density at radius 2 is 1.81 bits per heavy atom. The maximum absolute atomic E-state index is 13.5. The van der Waals surface area contributed by atoms with Crippen LogP contribution in [0.5, 0.6) is 5.75 Å². The van der Waals surface area contributed by atoms with Gasteiger partial charge in [0, 0.05) is 31.7 Å². The summed E-state index contributed by atoms with van der Waals surface area (Å²) in [5, 5.41) is 11.2. The molecular formula is C29H35FN2O5. The molecule has 1 N–H and O–H groups in total. The van der Waals surface area contributed by atoms with Gasteiger partial charge in [0.15, 0.2) is 0 Å². The summed E-state index contributed by atoms with van der Waals surface area (Å²) in [6.45, 7) is 6.89. The molecule has 2 aromatic carbocycles. The van der Waals surface area contributed by atoms with E-state index in [1.54, 1.807) is 0 Å². The Bertz CT molecular complexity index is 1110. The molecule has 1 unspecified atom stereocenters. The van der Waals surface area contributed by atoms with Gasteiger partial charge in [0.05, 0.1) is 31.4 Å². The van der Waals surface area contributed by atoms with E-state index in [0.717, 1.165) is 38.9 Å². The summed E-state index contributed by atoms with van der Waals surface area (Å²) < 4.78 is 24.8. The van der Waals surface area contributed by atoms with E-state index < -0.39 is 23.5 Å². The lowest BCUT2D eigenvalue weighted by Gasteiger charge is -2.29. The van der Waals surface area contributed by atoms with Crippen LogP contribution in [0.1, 0.15) is 49.8 Å². The number of likely N-dealkylation sites (tertiary alicyclic amines) is 1. The first-order chi connectivity index (χ1) is 18.0. The summed E-state index contributed by atoms with van der Waals surface area (Å²) in [5.41, 5.74) is 0.970. The second-order valence-electron chi connectivity index (χ2n) is 9.44. The number of rotatable bonds is 11. The highest BCUT2D eigenvalue weighted by Gasteiger charge is 2.46. The number of unbranched alkanes of at least 4 members (excludes halogenated alkanes) is 2. The highest BCUT2D eigenvalue weighted by molar-refractivity contribution is 6.46. The van der Waals surface area contributed by atoms with E-state index in [1.165, 1.54) is 29.2 Å². The number of amides is 1. The SMILES string of the molecule is CCCCCOc1cccc(C2C(=C(O)c3ccc(F)cc3)C(=O)C(=O)N2CCCN2CCOCC2)c1. The zero-order valence-electron chi connectivity index (χ0n) is 21.3. The highest BCUT2D eigenvalue weighted by atomic mass is 19.1. The van der Waals surface area contributed by atoms with Gasteiger partial charge in [-0.3, -0.25) is 14.5 Å². The molecule has 4 rings (SSSR count). The number of carbonyl (C=O) groups is 2. The lowest BCUT2D eigenvalue weighted by molar-refractivity contribution is -0.140. The van der Waals surface area contributed by atoms with Crippen molar-refractivity contribution in [1.82, 2.24) is 9.80 Å². The lowest BCUT2D eigenvalue weighted by Crippen LogP contribution is -2.38. The number of nitrogens with zero attached hydrogens (tertiary/aromatic N) is 2. The van der Waals surface area contributed by atoms with Crippen molar-refractivity contribution in [3.8, 4) is 5.75 Å². The van der Waals surface area contributed by atoms with Crippen molar-refractivity contribution in [1.29, 1.82) is 0 Å². The van der Waals surface area contributed by atoms with E-state index in [-0.39, 0.29) is 16.9 Å². The number of aliphatic hydroxyl groups excluding tert-OH is 1. The molecule has 7 nitrogen and oxygen atoms in total. The molecule has 2 aliphatic heterocycles. The first kappa shape index (κ1) is 26.8. The fraction of sp³-hybridized carbons (Fsp3) is 0.448. The summed E-state index contributed by atoms with van der Waals surface area (Å²) in [6, 6.07) is 11.8. The molecule has 0 bridgehead atoms. The van der Waals surface area contributed by atoms with Gasteiger partial charge >= 0.3 is 0 Å². The molecule has 1 amide bonds. The van der Waals surface area contributed by atoms with E-state index in [0.29, 0.717) is 44.1 Å². The Hall–Kier alpha value is -3.23. The monoisotopic (exact) mass is 510 g/mol. The van der Waals surface area contributed by atoms with Gasteiger partial charge < -0.3 is 19.5 Å². The third-order valence-electron chi connectivity index (χ3n) is 6.83. The average molecular weight is 511 g/mol. The minimum absolute atomic E-state index is 0.00566.